The summed E-state index contributed by atoms with van der Waals surface area (Å²) in [6, 6.07) is 5.38. The van der Waals surface area contributed by atoms with Crippen molar-refractivity contribution in [2.45, 2.75) is 20.4 Å². The Labute approximate surface area is 89.0 Å². The predicted molar refractivity (Wildman–Crippen MR) is 59.7 cm³/mol. The van der Waals surface area contributed by atoms with Gasteiger partial charge in [-0.2, -0.15) is 5.10 Å². The van der Waals surface area contributed by atoms with Gasteiger partial charge in [0, 0.05) is 18.3 Å². The van der Waals surface area contributed by atoms with Crippen molar-refractivity contribution in [3.63, 3.8) is 0 Å². The zero-order valence-corrected chi connectivity index (χ0v) is 8.94. The lowest BCUT2D eigenvalue weighted by Gasteiger charge is -2.03. The van der Waals surface area contributed by atoms with Crippen molar-refractivity contribution in [1.82, 2.24) is 9.78 Å². The number of aromatic hydroxyl groups is 1. The lowest BCUT2D eigenvalue weighted by Crippen LogP contribution is -1.92. The molecule has 0 aliphatic rings. The van der Waals surface area contributed by atoms with Gasteiger partial charge in [0.05, 0.1) is 6.20 Å². The van der Waals surface area contributed by atoms with E-state index in [-0.39, 0.29) is 0 Å². The van der Waals surface area contributed by atoms with Crippen LogP contribution in [0.15, 0.2) is 30.6 Å². The summed E-state index contributed by atoms with van der Waals surface area (Å²) in [5.74, 6) is 0.292. The van der Waals surface area contributed by atoms with Gasteiger partial charge in [0.2, 0.25) is 0 Å². The van der Waals surface area contributed by atoms with Gasteiger partial charge in [0.15, 0.2) is 0 Å². The molecule has 0 aliphatic heterocycles. The minimum absolute atomic E-state index is 0.292. The van der Waals surface area contributed by atoms with E-state index in [2.05, 4.69) is 5.10 Å². The minimum Gasteiger partial charge on any atom is -0.508 e. The lowest BCUT2D eigenvalue weighted by atomic mass is 10.0. The third-order valence-electron chi connectivity index (χ3n) is 2.49. The Hall–Kier alpha value is -1.77. The number of hydrogen-bond donors (Lipinski definition) is 1. The van der Waals surface area contributed by atoms with Gasteiger partial charge in [-0.05, 0) is 37.1 Å². The number of benzene rings is 1. The molecule has 0 radical (unpaired) electrons. The van der Waals surface area contributed by atoms with Crippen LogP contribution in [0.4, 0.5) is 0 Å². The summed E-state index contributed by atoms with van der Waals surface area (Å²) >= 11 is 0. The van der Waals surface area contributed by atoms with Crippen LogP contribution >= 0.6 is 0 Å². The third kappa shape index (κ3) is 1.86. The molecule has 1 heterocycles. The number of nitrogens with zero attached hydrogens (tertiary/aromatic N) is 2. The third-order valence-corrected chi connectivity index (χ3v) is 2.49. The van der Waals surface area contributed by atoms with Gasteiger partial charge in [-0.3, -0.25) is 4.68 Å². The molecule has 2 aromatic rings. The van der Waals surface area contributed by atoms with Crippen molar-refractivity contribution in [3.8, 4) is 16.9 Å². The molecular formula is C12H14N2O. The molecule has 0 bridgehead atoms. The van der Waals surface area contributed by atoms with Crippen LogP contribution < -0.4 is 0 Å². The van der Waals surface area contributed by atoms with Gasteiger partial charge in [-0.25, -0.2) is 0 Å². The fraction of sp³-hybridized carbons (Fsp3) is 0.250. The fourth-order valence-corrected chi connectivity index (χ4v) is 1.60. The van der Waals surface area contributed by atoms with E-state index >= 15 is 0 Å². The Morgan fingerprint density at radius 1 is 1.40 bits per heavy atom. The van der Waals surface area contributed by atoms with E-state index < -0.39 is 0 Å². The smallest absolute Gasteiger partial charge is 0.116 e. The second-order valence-electron chi connectivity index (χ2n) is 3.58. The van der Waals surface area contributed by atoms with Crippen LogP contribution in [-0.4, -0.2) is 14.9 Å². The Morgan fingerprint density at radius 3 is 2.87 bits per heavy atom. The molecule has 0 atom stereocenters. The molecule has 15 heavy (non-hydrogen) atoms. The molecule has 0 saturated heterocycles. The summed E-state index contributed by atoms with van der Waals surface area (Å²) in [7, 11) is 0. The van der Waals surface area contributed by atoms with E-state index in [1.165, 1.54) is 0 Å². The maximum atomic E-state index is 9.44. The highest BCUT2D eigenvalue weighted by Gasteiger charge is 2.05. The van der Waals surface area contributed by atoms with Crippen molar-refractivity contribution >= 4 is 0 Å². The first-order valence-corrected chi connectivity index (χ1v) is 5.03. The summed E-state index contributed by atoms with van der Waals surface area (Å²) in [4.78, 5) is 0. The first kappa shape index (κ1) is 9.77. The van der Waals surface area contributed by atoms with Crippen molar-refractivity contribution < 1.29 is 5.11 Å². The van der Waals surface area contributed by atoms with E-state index in [1.807, 2.05) is 37.0 Å². The molecule has 2 rings (SSSR count). The number of phenolic OH excluding ortho intramolecular Hbond substituents is 1. The Kier molecular flexibility index (Phi) is 2.46. The monoisotopic (exact) mass is 202 g/mol. The summed E-state index contributed by atoms with van der Waals surface area (Å²) in [5.41, 5.74) is 3.23. The van der Waals surface area contributed by atoms with Gasteiger partial charge in [0.25, 0.3) is 0 Å². The molecule has 0 spiro atoms. The second-order valence-corrected chi connectivity index (χ2v) is 3.58. The van der Waals surface area contributed by atoms with E-state index in [9.17, 15) is 5.11 Å². The van der Waals surface area contributed by atoms with E-state index in [1.54, 1.807) is 12.1 Å². The highest BCUT2D eigenvalue weighted by molar-refractivity contribution is 5.67. The molecule has 0 aliphatic carbocycles. The molecule has 1 aromatic carbocycles. The zero-order chi connectivity index (χ0) is 10.8. The van der Waals surface area contributed by atoms with E-state index in [0.717, 1.165) is 23.2 Å². The first-order chi connectivity index (χ1) is 7.20. The van der Waals surface area contributed by atoms with Crippen LogP contribution in [0.1, 0.15) is 12.5 Å². The van der Waals surface area contributed by atoms with Crippen LogP contribution in [-0.2, 0) is 6.54 Å². The number of rotatable bonds is 2. The summed E-state index contributed by atoms with van der Waals surface area (Å²) in [6.07, 6.45) is 3.81. The molecule has 78 valence electrons. The Bertz CT molecular complexity index is 474. The molecular weight excluding hydrogens is 188 g/mol. The summed E-state index contributed by atoms with van der Waals surface area (Å²) < 4.78 is 1.87. The van der Waals surface area contributed by atoms with E-state index in [0.29, 0.717) is 5.75 Å². The summed E-state index contributed by atoms with van der Waals surface area (Å²) in [5, 5.41) is 13.7. The summed E-state index contributed by atoms with van der Waals surface area (Å²) in [6.45, 7) is 4.93. The highest BCUT2D eigenvalue weighted by atomic mass is 16.3. The molecule has 1 N–H and O–H groups in total. The molecule has 0 fully saturated rings. The van der Waals surface area contributed by atoms with Crippen LogP contribution in [0.5, 0.6) is 5.75 Å². The minimum atomic E-state index is 0.292. The van der Waals surface area contributed by atoms with Crippen LogP contribution in [0.25, 0.3) is 11.1 Å². The molecule has 0 saturated carbocycles. The van der Waals surface area contributed by atoms with Crippen molar-refractivity contribution in [1.29, 1.82) is 0 Å². The van der Waals surface area contributed by atoms with Gasteiger partial charge < -0.3 is 5.11 Å². The number of hydrogen-bond acceptors (Lipinski definition) is 2. The van der Waals surface area contributed by atoms with Gasteiger partial charge in [-0.1, -0.05) is 6.07 Å². The number of aromatic nitrogens is 2. The van der Waals surface area contributed by atoms with Gasteiger partial charge in [-0.15, -0.1) is 0 Å². The quantitative estimate of drug-likeness (QED) is 0.812. The van der Waals surface area contributed by atoms with Crippen molar-refractivity contribution in [2.24, 2.45) is 0 Å². The zero-order valence-electron chi connectivity index (χ0n) is 8.94. The van der Waals surface area contributed by atoms with Crippen LogP contribution in [0, 0.1) is 6.92 Å². The number of aryl methyl sites for hydroxylation is 2. The first-order valence-electron chi connectivity index (χ1n) is 5.03. The largest absolute Gasteiger partial charge is 0.508 e. The molecule has 3 heteroatoms. The average molecular weight is 202 g/mol. The van der Waals surface area contributed by atoms with E-state index in [4.69, 9.17) is 0 Å². The maximum Gasteiger partial charge on any atom is 0.116 e. The van der Waals surface area contributed by atoms with Crippen LogP contribution in [0.2, 0.25) is 0 Å². The SMILES string of the molecule is CCn1cc(-c2cc(O)ccc2C)cn1. The van der Waals surface area contributed by atoms with Crippen molar-refractivity contribution in [3.05, 3.63) is 36.2 Å². The number of phenols is 1. The topological polar surface area (TPSA) is 38.0 Å². The van der Waals surface area contributed by atoms with Gasteiger partial charge in [0.1, 0.15) is 5.75 Å². The molecule has 0 unspecified atom stereocenters. The normalized spacial score (nSPS) is 10.5. The Morgan fingerprint density at radius 2 is 2.20 bits per heavy atom. The van der Waals surface area contributed by atoms with Crippen molar-refractivity contribution in [2.75, 3.05) is 0 Å². The predicted octanol–water partition coefficient (Wildman–Crippen LogP) is 2.58. The Balaban J connectivity index is 2.48. The highest BCUT2D eigenvalue weighted by Crippen LogP contribution is 2.26. The van der Waals surface area contributed by atoms with Crippen LogP contribution in [0.3, 0.4) is 0 Å². The molecule has 0 amide bonds. The van der Waals surface area contributed by atoms with Gasteiger partial charge >= 0.3 is 0 Å². The maximum absolute atomic E-state index is 9.44. The molecule has 3 nitrogen and oxygen atoms in total. The second kappa shape index (κ2) is 3.77. The molecule has 1 aromatic heterocycles. The average Bonchev–Trinajstić information content (AvgIpc) is 2.70. The standard InChI is InChI=1S/C12H14N2O/c1-3-14-8-10(7-13-14)12-6-11(15)5-4-9(12)2/h4-8,15H,3H2,1-2H3. The fourth-order valence-electron chi connectivity index (χ4n) is 1.60. The lowest BCUT2D eigenvalue weighted by molar-refractivity contribution is 0.475.